The molecule has 76 valence electrons. The molecule has 14 heavy (non-hydrogen) atoms. The Balaban J connectivity index is 2.78. The number of rotatable bonds is 3. The number of carboxylic acid groups (broad SMARTS) is 1. The van der Waals surface area contributed by atoms with Crippen molar-refractivity contribution in [3.63, 3.8) is 0 Å². The van der Waals surface area contributed by atoms with Crippen molar-refractivity contribution in [2.24, 2.45) is 5.92 Å². The highest BCUT2D eigenvalue weighted by molar-refractivity contribution is 6.42. The van der Waals surface area contributed by atoms with Gasteiger partial charge in [-0.1, -0.05) is 36.2 Å². The summed E-state index contributed by atoms with van der Waals surface area (Å²) >= 11 is 11.5. The van der Waals surface area contributed by atoms with Crippen LogP contribution in [-0.4, -0.2) is 11.1 Å². The molecule has 0 saturated heterocycles. The van der Waals surface area contributed by atoms with Crippen LogP contribution in [0, 0.1) is 5.92 Å². The average molecular weight is 233 g/mol. The Kier molecular flexibility index (Phi) is 3.78. The molecule has 0 heterocycles. The van der Waals surface area contributed by atoms with E-state index < -0.39 is 11.9 Å². The zero-order valence-electron chi connectivity index (χ0n) is 7.63. The van der Waals surface area contributed by atoms with E-state index in [1.54, 1.807) is 25.1 Å². The minimum absolute atomic E-state index is 0.410. The lowest BCUT2D eigenvalue weighted by molar-refractivity contribution is -0.141. The Morgan fingerprint density at radius 3 is 2.57 bits per heavy atom. The number of hydrogen-bond acceptors (Lipinski definition) is 1. The largest absolute Gasteiger partial charge is 0.481 e. The Hall–Kier alpha value is -0.730. The second-order valence-electron chi connectivity index (χ2n) is 3.19. The summed E-state index contributed by atoms with van der Waals surface area (Å²) < 4.78 is 0. The van der Waals surface area contributed by atoms with Crippen LogP contribution in [0.15, 0.2) is 18.2 Å². The van der Waals surface area contributed by atoms with Crippen molar-refractivity contribution < 1.29 is 9.90 Å². The van der Waals surface area contributed by atoms with E-state index in [9.17, 15) is 4.79 Å². The van der Waals surface area contributed by atoms with Crippen LogP contribution < -0.4 is 0 Å². The van der Waals surface area contributed by atoms with Crippen LogP contribution in [0.5, 0.6) is 0 Å². The second kappa shape index (κ2) is 4.67. The molecule has 0 aliphatic carbocycles. The van der Waals surface area contributed by atoms with E-state index in [2.05, 4.69) is 0 Å². The number of halogens is 2. The van der Waals surface area contributed by atoms with Crippen molar-refractivity contribution in [2.45, 2.75) is 13.3 Å². The van der Waals surface area contributed by atoms with Crippen LogP contribution in [0.2, 0.25) is 10.0 Å². The van der Waals surface area contributed by atoms with Gasteiger partial charge in [-0.05, 0) is 24.1 Å². The van der Waals surface area contributed by atoms with Crippen LogP contribution in [0.1, 0.15) is 12.5 Å². The first-order chi connectivity index (χ1) is 6.50. The van der Waals surface area contributed by atoms with Gasteiger partial charge >= 0.3 is 5.97 Å². The fraction of sp³-hybridized carbons (Fsp3) is 0.300. The first-order valence-electron chi connectivity index (χ1n) is 4.17. The zero-order chi connectivity index (χ0) is 10.7. The third-order valence-corrected chi connectivity index (χ3v) is 2.69. The molecule has 1 N–H and O–H groups in total. The van der Waals surface area contributed by atoms with Gasteiger partial charge in [-0.2, -0.15) is 0 Å². The molecule has 1 aromatic carbocycles. The highest BCUT2D eigenvalue weighted by Gasteiger charge is 2.11. The second-order valence-corrected chi connectivity index (χ2v) is 4.01. The summed E-state index contributed by atoms with van der Waals surface area (Å²) in [4.78, 5) is 10.6. The molecule has 0 unspecified atom stereocenters. The van der Waals surface area contributed by atoms with Crippen molar-refractivity contribution in [1.29, 1.82) is 0 Å². The summed E-state index contributed by atoms with van der Waals surface area (Å²) in [5.41, 5.74) is 0.884. The van der Waals surface area contributed by atoms with Gasteiger partial charge in [0.05, 0.1) is 16.0 Å². The van der Waals surface area contributed by atoms with Crippen molar-refractivity contribution in [3.05, 3.63) is 33.8 Å². The van der Waals surface area contributed by atoms with Gasteiger partial charge in [0.15, 0.2) is 0 Å². The molecule has 1 aromatic rings. The predicted octanol–water partition coefficient (Wildman–Crippen LogP) is 3.26. The number of carbonyl (C=O) groups is 1. The quantitative estimate of drug-likeness (QED) is 0.869. The minimum Gasteiger partial charge on any atom is -0.481 e. The standard InChI is InChI=1S/C10H10Cl2O2/c1-6(10(13)14)4-7-2-3-8(11)9(12)5-7/h2-3,5-6H,4H2,1H3,(H,13,14)/t6-/m1/s1. The summed E-state index contributed by atoms with van der Waals surface area (Å²) in [6.07, 6.45) is 0.465. The van der Waals surface area contributed by atoms with E-state index in [1.165, 1.54) is 0 Å². The molecule has 0 saturated carbocycles. The Labute approximate surface area is 92.5 Å². The molecule has 2 nitrogen and oxygen atoms in total. The van der Waals surface area contributed by atoms with Crippen molar-refractivity contribution in [2.75, 3.05) is 0 Å². The smallest absolute Gasteiger partial charge is 0.306 e. The van der Waals surface area contributed by atoms with E-state index in [1.807, 2.05) is 0 Å². The molecule has 1 atom stereocenters. The van der Waals surface area contributed by atoms with Gasteiger partial charge in [0.25, 0.3) is 0 Å². The number of aliphatic carboxylic acids is 1. The highest BCUT2D eigenvalue weighted by Crippen LogP contribution is 2.23. The van der Waals surface area contributed by atoms with E-state index in [4.69, 9.17) is 28.3 Å². The van der Waals surface area contributed by atoms with Gasteiger partial charge in [0.1, 0.15) is 0 Å². The fourth-order valence-corrected chi connectivity index (χ4v) is 1.43. The van der Waals surface area contributed by atoms with Gasteiger partial charge in [-0.15, -0.1) is 0 Å². The summed E-state index contributed by atoms with van der Waals surface area (Å²) in [7, 11) is 0. The molecule has 0 radical (unpaired) electrons. The maximum Gasteiger partial charge on any atom is 0.306 e. The van der Waals surface area contributed by atoms with E-state index in [-0.39, 0.29) is 0 Å². The topological polar surface area (TPSA) is 37.3 Å². The van der Waals surface area contributed by atoms with Gasteiger partial charge in [0, 0.05) is 0 Å². The molecule has 0 aliphatic heterocycles. The average Bonchev–Trinajstić information content (AvgIpc) is 2.11. The summed E-state index contributed by atoms with van der Waals surface area (Å²) in [6, 6.07) is 5.16. The van der Waals surface area contributed by atoms with Gasteiger partial charge in [0.2, 0.25) is 0 Å². The molecule has 0 aromatic heterocycles. The molecule has 0 fully saturated rings. The van der Waals surface area contributed by atoms with E-state index in [0.717, 1.165) is 5.56 Å². The van der Waals surface area contributed by atoms with Crippen LogP contribution in [0.4, 0.5) is 0 Å². The lowest BCUT2D eigenvalue weighted by Crippen LogP contribution is -2.12. The Morgan fingerprint density at radius 1 is 1.43 bits per heavy atom. The van der Waals surface area contributed by atoms with Crippen LogP contribution >= 0.6 is 23.2 Å². The molecule has 1 rings (SSSR count). The van der Waals surface area contributed by atoms with Crippen molar-refractivity contribution >= 4 is 29.2 Å². The lowest BCUT2D eigenvalue weighted by Gasteiger charge is -2.06. The molecular formula is C10H10Cl2O2. The van der Waals surface area contributed by atoms with Crippen LogP contribution in [-0.2, 0) is 11.2 Å². The molecular weight excluding hydrogens is 223 g/mol. The summed E-state index contributed by atoms with van der Waals surface area (Å²) in [6.45, 7) is 1.66. The third kappa shape index (κ3) is 2.89. The molecule has 0 amide bonds. The molecule has 0 spiro atoms. The number of benzene rings is 1. The summed E-state index contributed by atoms with van der Waals surface area (Å²) in [5.74, 6) is -1.22. The number of hydrogen-bond donors (Lipinski definition) is 1. The maximum absolute atomic E-state index is 10.6. The zero-order valence-corrected chi connectivity index (χ0v) is 9.14. The normalized spacial score (nSPS) is 12.5. The summed E-state index contributed by atoms with van der Waals surface area (Å²) in [5, 5.41) is 9.65. The van der Waals surface area contributed by atoms with Gasteiger partial charge in [-0.25, -0.2) is 0 Å². The first-order valence-corrected chi connectivity index (χ1v) is 4.93. The highest BCUT2D eigenvalue weighted by atomic mass is 35.5. The predicted molar refractivity (Wildman–Crippen MR) is 57.0 cm³/mol. The lowest BCUT2D eigenvalue weighted by atomic mass is 10.0. The first kappa shape index (κ1) is 11.3. The van der Waals surface area contributed by atoms with Gasteiger partial charge in [-0.3, -0.25) is 4.79 Å². The van der Waals surface area contributed by atoms with E-state index >= 15 is 0 Å². The third-order valence-electron chi connectivity index (χ3n) is 1.95. The van der Waals surface area contributed by atoms with Crippen molar-refractivity contribution in [3.8, 4) is 0 Å². The molecule has 0 aliphatic rings. The number of carboxylic acids is 1. The minimum atomic E-state index is -0.809. The fourth-order valence-electron chi connectivity index (χ4n) is 1.11. The SMILES string of the molecule is C[C@H](Cc1ccc(Cl)c(Cl)c1)C(=O)O. The molecule has 0 bridgehead atoms. The molecule has 4 heteroatoms. The maximum atomic E-state index is 10.6. The van der Waals surface area contributed by atoms with Crippen LogP contribution in [0.3, 0.4) is 0 Å². The Morgan fingerprint density at radius 2 is 2.07 bits per heavy atom. The van der Waals surface area contributed by atoms with Crippen molar-refractivity contribution in [1.82, 2.24) is 0 Å². The monoisotopic (exact) mass is 232 g/mol. The van der Waals surface area contributed by atoms with E-state index in [0.29, 0.717) is 16.5 Å². The van der Waals surface area contributed by atoms with Gasteiger partial charge < -0.3 is 5.11 Å². The van der Waals surface area contributed by atoms with Crippen LogP contribution in [0.25, 0.3) is 0 Å². The Bertz CT molecular complexity index is 350.